The van der Waals surface area contributed by atoms with E-state index in [-0.39, 0.29) is 6.04 Å². The first-order valence-electron chi connectivity index (χ1n) is 4.86. The van der Waals surface area contributed by atoms with Crippen LogP contribution in [0.15, 0.2) is 22.7 Å². The van der Waals surface area contributed by atoms with Crippen LogP contribution in [0, 0.1) is 3.57 Å². The number of methoxy groups -OCH3 is 1. The van der Waals surface area contributed by atoms with Crippen molar-refractivity contribution in [1.82, 2.24) is 5.32 Å². The number of ether oxygens (including phenoxy) is 1. The van der Waals surface area contributed by atoms with Crippen LogP contribution < -0.4 is 5.32 Å². The topological polar surface area (TPSA) is 21.3 Å². The van der Waals surface area contributed by atoms with Gasteiger partial charge in [0, 0.05) is 15.2 Å². The minimum absolute atomic E-state index is 0.268. The van der Waals surface area contributed by atoms with Crippen LogP contribution >= 0.6 is 38.5 Å². The van der Waals surface area contributed by atoms with Gasteiger partial charge in [-0.2, -0.15) is 0 Å². The second-order valence-electron chi connectivity index (χ2n) is 3.23. The fourth-order valence-corrected chi connectivity index (χ4v) is 2.54. The van der Waals surface area contributed by atoms with E-state index in [0.717, 1.165) is 11.0 Å². The van der Waals surface area contributed by atoms with Crippen LogP contribution in [0.3, 0.4) is 0 Å². The van der Waals surface area contributed by atoms with Crippen LogP contribution in [-0.2, 0) is 4.74 Å². The largest absolute Gasteiger partial charge is 0.383 e. The maximum atomic E-state index is 5.22. The molecule has 2 nitrogen and oxygen atoms in total. The van der Waals surface area contributed by atoms with Gasteiger partial charge in [-0.05, 0) is 52.9 Å². The summed E-state index contributed by atoms with van der Waals surface area (Å²) in [6.07, 6.45) is 0. The van der Waals surface area contributed by atoms with Gasteiger partial charge in [-0.1, -0.05) is 22.9 Å². The summed E-state index contributed by atoms with van der Waals surface area (Å²) in [7, 11) is 1.73. The molecule has 0 saturated heterocycles. The van der Waals surface area contributed by atoms with E-state index in [1.54, 1.807) is 7.11 Å². The summed E-state index contributed by atoms with van der Waals surface area (Å²) in [5.41, 5.74) is 1.29. The predicted octanol–water partition coefficient (Wildman–Crippen LogP) is 3.35. The Morgan fingerprint density at radius 3 is 2.87 bits per heavy atom. The SMILES string of the molecule is CCNC(COC)c1cc(Br)ccc1I. The average Bonchev–Trinajstić information content (AvgIpc) is 2.21. The minimum atomic E-state index is 0.268. The predicted molar refractivity (Wildman–Crippen MR) is 75.2 cm³/mol. The van der Waals surface area contributed by atoms with Gasteiger partial charge in [-0.25, -0.2) is 0 Å². The summed E-state index contributed by atoms with van der Waals surface area (Å²) in [4.78, 5) is 0. The molecule has 1 rings (SSSR count). The van der Waals surface area contributed by atoms with E-state index in [0.29, 0.717) is 6.61 Å². The molecular weight excluding hydrogens is 369 g/mol. The number of benzene rings is 1. The normalized spacial score (nSPS) is 12.8. The molecule has 0 aliphatic rings. The van der Waals surface area contributed by atoms with Gasteiger partial charge in [0.25, 0.3) is 0 Å². The van der Waals surface area contributed by atoms with Crippen molar-refractivity contribution in [3.63, 3.8) is 0 Å². The Hall–Kier alpha value is 0.350. The molecule has 0 aliphatic heterocycles. The molecule has 1 N–H and O–H groups in total. The second kappa shape index (κ2) is 6.83. The zero-order chi connectivity index (χ0) is 11.3. The molecule has 0 aliphatic carbocycles. The van der Waals surface area contributed by atoms with Crippen molar-refractivity contribution in [2.24, 2.45) is 0 Å². The average molecular weight is 384 g/mol. The number of likely N-dealkylation sites (N-methyl/N-ethyl adjacent to an activating group) is 1. The molecule has 0 amide bonds. The van der Waals surface area contributed by atoms with Crippen molar-refractivity contribution < 1.29 is 4.74 Å². The van der Waals surface area contributed by atoms with Crippen LogP contribution in [0.25, 0.3) is 0 Å². The van der Waals surface area contributed by atoms with Gasteiger partial charge in [-0.3, -0.25) is 0 Å². The van der Waals surface area contributed by atoms with Crippen molar-refractivity contribution in [2.75, 3.05) is 20.3 Å². The highest BCUT2D eigenvalue weighted by molar-refractivity contribution is 14.1. The van der Waals surface area contributed by atoms with E-state index in [1.807, 2.05) is 0 Å². The molecule has 0 saturated carbocycles. The molecule has 0 radical (unpaired) electrons. The standard InChI is InChI=1S/C11H15BrINO/c1-3-14-11(7-15-2)9-6-8(12)4-5-10(9)13/h4-6,11,14H,3,7H2,1-2H3. The molecular formula is C11H15BrINO. The summed E-state index contributed by atoms with van der Waals surface area (Å²) < 4.78 is 7.60. The van der Waals surface area contributed by atoms with Crippen LogP contribution in [-0.4, -0.2) is 20.3 Å². The third-order valence-electron chi connectivity index (χ3n) is 2.12. The third-order valence-corrected chi connectivity index (χ3v) is 3.59. The minimum Gasteiger partial charge on any atom is -0.383 e. The number of hydrogen-bond donors (Lipinski definition) is 1. The number of halogens is 2. The Balaban J connectivity index is 2.93. The van der Waals surface area contributed by atoms with E-state index in [2.05, 4.69) is 69.0 Å². The van der Waals surface area contributed by atoms with E-state index in [4.69, 9.17) is 4.74 Å². The molecule has 15 heavy (non-hydrogen) atoms. The highest BCUT2D eigenvalue weighted by atomic mass is 127. The molecule has 1 aromatic rings. The molecule has 0 heterocycles. The second-order valence-corrected chi connectivity index (χ2v) is 5.31. The lowest BCUT2D eigenvalue weighted by Crippen LogP contribution is -2.25. The van der Waals surface area contributed by atoms with Crippen LogP contribution in [0.5, 0.6) is 0 Å². The van der Waals surface area contributed by atoms with Gasteiger partial charge in [-0.15, -0.1) is 0 Å². The van der Waals surface area contributed by atoms with Crippen LogP contribution in [0.1, 0.15) is 18.5 Å². The van der Waals surface area contributed by atoms with E-state index >= 15 is 0 Å². The van der Waals surface area contributed by atoms with Gasteiger partial charge in [0.15, 0.2) is 0 Å². The van der Waals surface area contributed by atoms with Gasteiger partial charge in [0.1, 0.15) is 0 Å². The van der Waals surface area contributed by atoms with Crippen molar-refractivity contribution in [3.8, 4) is 0 Å². The lowest BCUT2D eigenvalue weighted by Gasteiger charge is -2.19. The summed E-state index contributed by atoms with van der Waals surface area (Å²) in [6, 6.07) is 6.58. The molecule has 1 atom stereocenters. The van der Waals surface area contributed by atoms with Gasteiger partial charge >= 0.3 is 0 Å². The number of rotatable bonds is 5. The lowest BCUT2D eigenvalue weighted by atomic mass is 10.1. The molecule has 1 unspecified atom stereocenters. The van der Waals surface area contributed by atoms with Gasteiger partial charge < -0.3 is 10.1 Å². The van der Waals surface area contributed by atoms with Crippen molar-refractivity contribution in [3.05, 3.63) is 31.8 Å². The number of hydrogen-bond acceptors (Lipinski definition) is 2. The van der Waals surface area contributed by atoms with Crippen molar-refractivity contribution in [1.29, 1.82) is 0 Å². The van der Waals surface area contributed by atoms with Gasteiger partial charge in [0.05, 0.1) is 12.6 Å². The Morgan fingerprint density at radius 2 is 2.27 bits per heavy atom. The zero-order valence-electron chi connectivity index (χ0n) is 8.89. The summed E-state index contributed by atoms with van der Waals surface area (Å²) in [6.45, 7) is 3.74. The lowest BCUT2D eigenvalue weighted by molar-refractivity contribution is 0.167. The maximum absolute atomic E-state index is 5.22. The van der Waals surface area contributed by atoms with Crippen LogP contribution in [0.2, 0.25) is 0 Å². The first-order valence-corrected chi connectivity index (χ1v) is 6.73. The highest BCUT2D eigenvalue weighted by Gasteiger charge is 2.13. The number of nitrogens with one attached hydrogen (secondary N) is 1. The molecule has 0 aromatic heterocycles. The van der Waals surface area contributed by atoms with Crippen molar-refractivity contribution in [2.45, 2.75) is 13.0 Å². The molecule has 0 spiro atoms. The zero-order valence-corrected chi connectivity index (χ0v) is 12.6. The first-order chi connectivity index (χ1) is 7.19. The summed E-state index contributed by atoms with van der Waals surface area (Å²) in [5, 5.41) is 3.42. The Bertz CT molecular complexity index is 313. The smallest absolute Gasteiger partial charge is 0.0658 e. The summed E-state index contributed by atoms with van der Waals surface area (Å²) >= 11 is 5.85. The quantitative estimate of drug-likeness (QED) is 0.787. The molecule has 0 bridgehead atoms. The Morgan fingerprint density at radius 1 is 1.53 bits per heavy atom. The fourth-order valence-electron chi connectivity index (χ4n) is 1.45. The molecule has 4 heteroatoms. The molecule has 1 aromatic carbocycles. The monoisotopic (exact) mass is 383 g/mol. The van der Waals surface area contributed by atoms with Crippen molar-refractivity contribution >= 4 is 38.5 Å². The third kappa shape index (κ3) is 4.01. The Labute approximate surface area is 113 Å². The van der Waals surface area contributed by atoms with E-state index < -0.39 is 0 Å². The highest BCUT2D eigenvalue weighted by Crippen LogP contribution is 2.24. The Kier molecular flexibility index (Phi) is 6.11. The van der Waals surface area contributed by atoms with Crippen LogP contribution in [0.4, 0.5) is 0 Å². The summed E-state index contributed by atoms with van der Waals surface area (Å²) in [5.74, 6) is 0. The first kappa shape index (κ1) is 13.4. The fraction of sp³-hybridized carbons (Fsp3) is 0.455. The van der Waals surface area contributed by atoms with E-state index in [9.17, 15) is 0 Å². The van der Waals surface area contributed by atoms with Gasteiger partial charge in [0.2, 0.25) is 0 Å². The molecule has 84 valence electrons. The maximum Gasteiger partial charge on any atom is 0.0658 e. The van der Waals surface area contributed by atoms with E-state index in [1.165, 1.54) is 9.13 Å². The molecule has 0 fully saturated rings.